The van der Waals surface area contributed by atoms with Crippen molar-refractivity contribution in [1.29, 1.82) is 0 Å². The molecule has 3 N–H and O–H groups in total. The fourth-order valence-electron chi connectivity index (χ4n) is 2.60. The van der Waals surface area contributed by atoms with Gasteiger partial charge >= 0.3 is 0 Å². The summed E-state index contributed by atoms with van der Waals surface area (Å²) in [7, 11) is 0. The van der Waals surface area contributed by atoms with Gasteiger partial charge in [0.05, 0.1) is 16.5 Å². The molecule has 1 heterocycles. The van der Waals surface area contributed by atoms with Gasteiger partial charge in [0.15, 0.2) is 0 Å². The number of nitrogens with zero attached hydrogens (tertiary/aromatic N) is 1. The summed E-state index contributed by atoms with van der Waals surface area (Å²) in [4.78, 5) is 23.0. The van der Waals surface area contributed by atoms with E-state index in [0.717, 1.165) is 0 Å². The van der Waals surface area contributed by atoms with E-state index in [-0.39, 0.29) is 35.6 Å². The molecule has 3 rings (SSSR count). The number of hydrogen-bond acceptors (Lipinski definition) is 3. The van der Waals surface area contributed by atoms with Crippen LogP contribution in [0.2, 0.25) is 0 Å². The minimum Gasteiger partial charge on any atom is -0.355 e. The molecule has 2 amide bonds. The maximum absolute atomic E-state index is 15.0. The summed E-state index contributed by atoms with van der Waals surface area (Å²) < 4.78 is 28.4. The molecular weight excluding hydrogens is 342 g/mol. The van der Waals surface area contributed by atoms with E-state index < -0.39 is 17.5 Å². The monoisotopic (exact) mass is 358 g/mol. The Morgan fingerprint density at radius 3 is 2.62 bits per heavy atom. The summed E-state index contributed by atoms with van der Waals surface area (Å²) in [6, 6.07) is 8.52. The smallest absolute Gasteiger partial charge is 0.254 e. The molecule has 0 unspecified atom stereocenters. The van der Waals surface area contributed by atoms with Gasteiger partial charge in [-0.2, -0.15) is 5.10 Å². The Morgan fingerprint density at radius 1 is 1.12 bits per heavy atom. The van der Waals surface area contributed by atoms with E-state index in [1.165, 1.54) is 37.3 Å². The third-order valence-electron chi connectivity index (χ3n) is 3.79. The molecule has 3 aromatic rings. The largest absolute Gasteiger partial charge is 0.355 e. The number of halogens is 2. The standard InChI is InChI=1S/C18H16F2N4O2/c1-10(25)21-7-8-22-18(26)13-5-6-14-15(16(13)20)17(24-23-14)11-3-2-4-12(19)9-11/h2-6,9H,7-8H2,1H3,(H,21,25)(H,22,26)(H,23,24). The SMILES string of the molecule is CC(=O)NCCNC(=O)c1ccc2[nH]nc(-c3cccc(F)c3)c2c1F. The molecule has 26 heavy (non-hydrogen) atoms. The quantitative estimate of drug-likeness (QED) is 0.612. The van der Waals surface area contributed by atoms with Gasteiger partial charge in [-0.3, -0.25) is 14.7 Å². The van der Waals surface area contributed by atoms with Gasteiger partial charge in [0.25, 0.3) is 5.91 Å². The summed E-state index contributed by atoms with van der Waals surface area (Å²) in [5.74, 6) is -2.04. The highest BCUT2D eigenvalue weighted by atomic mass is 19.1. The van der Waals surface area contributed by atoms with Gasteiger partial charge in [0, 0.05) is 25.6 Å². The molecule has 8 heteroatoms. The summed E-state index contributed by atoms with van der Waals surface area (Å²) >= 11 is 0. The number of benzene rings is 2. The van der Waals surface area contributed by atoms with Crippen LogP contribution in [0.4, 0.5) is 8.78 Å². The molecule has 0 radical (unpaired) electrons. The Bertz CT molecular complexity index is 984. The van der Waals surface area contributed by atoms with Crippen molar-refractivity contribution in [3.05, 3.63) is 53.6 Å². The minimum atomic E-state index is -0.743. The molecule has 0 aliphatic carbocycles. The molecule has 1 aromatic heterocycles. The average molecular weight is 358 g/mol. The lowest BCUT2D eigenvalue weighted by atomic mass is 10.0. The van der Waals surface area contributed by atoms with E-state index in [1.54, 1.807) is 6.07 Å². The number of nitrogens with one attached hydrogen (secondary N) is 3. The zero-order chi connectivity index (χ0) is 18.7. The maximum Gasteiger partial charge on any atom is 0.254 e. The van der Waals surface area contributed by atoms with Gasteiger partial charge in [0.2, 0.25) is 5.91 Å². The second kappa shape index (κ2) is 7.30. The van der Waals surface area contributed by atoms with Crippen molar-refractivity contribution in [2.75, 3.05) is 13.1 Å². The van der Waals surface area contributed by atoms with E-state index in [4.69, 9.17) is 0 Å². The molecule has 0 aliphatic heterocycles. The Hall–Kier alpha value is -3.29. The number of carbonyl (C=O) groups is 2. The third-order valence-corrected chi connectivity index (χ3v) is 3.79. The Balaban J connectivity index is 1.91. The number of hydrogen-bond donors (Lipinski definition) is 3. The first-order valence-corrected chi connectivity index (χ1v) is 7.92. The van der Waals surface area contributed by atoms with Crippen molar-refractivity contribution in [1.82, 2.24) is 20.8 Å². The van der Waals surface area contributed by atoms with Crippen LogP contribution in [0.1, 0.15) is 17.3 Å². The van der Waals surface area contributed by atoms with Crippen molar-refractivity contribution >= 4 is 22.7 Å². The summed E-state index contributed by atoms with van der Waals surface area (Å²) in [6.45, 7) is 1.77. The molecule has 0 saturated carbocycles. The van der Waals surface area contributed by atoms with Crippen molar-refractivity contribution in [3.8, 4) is 11.3 Å². The molecule has 0 spiro atoms. The number of rotatable bonds is 5. The van der Waals surface area contributed by atoms with Crippen molar-refractivity contribution in [3.63, 3.8) is 0 Å². The Morgan fingerprint density at radius 2 is 1.88 bits per heavy atom. The Kier molecular flexibility index (Phi) is 4.92. The molecule has 2 aromatic carbocycles. The van der Waals surface area contributed by atoms with Crippen LogP contribution in [-0.4, -0.2) is 35.1 Å². The normalized spacial score (nSPS) is 10.7. The highest BCUT2D eigenvalue weighted by Crippen LogP contribution is 2.30. The van der Waals surface area contributed by atoms with Gasteiger partial charge in [-0.1, -0.05) is 12.1 Å². The highest BCUT2D eigenvalue weighted by molar-refractivity contribution is 6.02. The number of fused-ring (bicyclic) bond motifs is 1. The molecule has 0 saturated heterocycles. The summed E-state index contributed by atoms with van der Waals surface area (Å²) in [5.41, 5.74) is 0.874. The average Bonchev–Trinajstić information content (AvgIpc) is 3.04. The molecular formula is C18H16F2N4O2. The lowest BCUT2D eigenvalue weighted by Gasteiger charge is -2.08. The van der Waals surface area contributed by atoms with Crippen LogP contribution in [0.25, 0.3) is 22.2 Å². The van der Waals surface area contributed by atoms with Gasteiger partial charge in [-0.25, -0.2) is 8.78 Å². The lowest BCUT2D eigenvalue weighted by molar-refractivity contribution is -0.118. The number of amides is 2. The van der Waals surface area contributed by atoms with Crippen molar-refractivity contribution in [2.45, 2.75) is 6.92 Å². The van der Waals surface area contributed by atoms with Crippen LogP contribution in [0, 0.1) is 11.6 Å². The van der Waals surface area contributed by atoms with E-state index in [2.05, 4.69) is 20.8 Å². The second-order valence-electron chi connectivity index (χ2n) is 5.67. The van der Waals surface area contributed by atoms with Crippen LogP contribution < -0.4 is 10.6 Å². The van der Waals surface area contributed by atoms with Gasteiger partial charge in [0.1, 0.15) is 17.3 Å². The lowest BCUT2D eigenvalue weighted by Crippen LogP contribution is -2.34. The van der Waals surface area contributed by atoms with E-state index in [9.17, 15) is 18.4 Å². The maximum atomic E-state index is 15.0. The fourth-order valence-corrected chi connectivity index (χ4v) is 2.60. The van der Waals surface area contributed by atoms with E-state index in [1.807, 2.05) is 0 Å². The third kappa shape index (κ3) is 3.53. The predicted octanol–water partition coefficient (Wildman–Crippen LogP) is 2.37. The van der Waals surface area contributed by atoms with Crippen LogP contribution in [0.15, 0.2) is 36.4 Å². The predicted molar refractivity (Wildman–Crippen MR) is 92.5 cm³/mol. The highest BCUT2D eigenvalue weighted by Gasteiger charge is 2.19. The topological polar surface area (TPSA) is 86.9 Å². The first kappa shape index (κ1) is 17.5. The minimum absolute atomic E-state index is 0.116. The molecule has 0 bridgehead atoms. The fraction of sp³-hybridized carbons (Fsp3) is 0.167. The van der Waals surface area contributed by atoms with Crippen LogP contribution in [0.5, 0.6) is 0 Å². The number of aromatic nitrogens is 2. The van der Waals surface area contributed by atoms with Crippen LogP contribution in [0.3, 0.4) is 0 Å². The first-order valence-electron chi connectivity index (χ1n) is 7.92. The number of aromatic amines is 1. The summed E-state index contributed by atoms with van der Waals surface area (Å²) in [5, 5.41) is 11.9. The molecule has 0 atom stereocenters. The molecule has 6 nitrogen and oxygen atoms in total. The van der Waals surface area contributed by atoms with Gasteiger partial charge in [-0.05, 0) is 24.3 Å². The summed E-state index contributed by atoms with van der Waals surface area (Å²) in [6.07, 6.45) is 0. The number of H-pyrrole nitrogens is 1. The van der Waals surface area contributed by atoms with Crippen LogP contribution in [-0.2, 0) is 4.79 Å². The van der Waals surface area contributed by atoms with Crippen molar-refractivity contribution in [2.24, 2.45) is 0 Å². The number of carbonyl (C=O) groups excluding carboxylic acids is 2. The van der Waals surface area contributed by atoms with Gasteiger partial charge < -0.3 is 10.6 Å². The zero-order valence-electron chi connectivity index (χ0n) is 13.9. The zero-order valence-corrected chi connectivity index (χ0v) is 13.9. The molecule has 0 fully saturated rings. The van der Waals surface area contributed by atoms with Crippen molar-refractivity contribution < 1.29 is 18.4 Å². The van der Waals surface area contributed by atoms with Crippen LogP contribution >= 0.6 is 0 Å². The van der Waals surface area contributed by atoms with E-state index in [0.29, 0.717) is 11.1 Å². The second-order valence-corrected chi connectivity index (χ2v) is 5.67. The van der Waals surface area contributed by atoms with Gasteiger partial charge in [-0.15, -0.1) is 0 Å². The molecule has 0 aliphatic rings. The Labute approximate surface area is 147 Å². The van der Waals surface area contributed by atoms with E-state index >= 15 is 0 Å². The molecule has 134 valence electrons. The first-order chi connectivity index (χ1) is 12.5.